The van der Waals surface area contributed by atoms with Gasteiger partial charge in [-0.15, -0.1) is 0 Å². The maximum atomic E-state index is 9.32. The minimum Gasteiger partial charge on any atom is -0.394 e. The molecular formula is C16H29N3O. The molecule has 2 N–H and O–H groups in total. The molecular weight excluding hydrogens is 250 g/mol. The highest BCUT2D eigenvalue weighted by atomic mass is 16.3. The molecule has 0 aliphatic rings. The van der Waals surface area contributed by atoms with Crippen LogP contribution in [0.25, 0.3) is 0 Å². The lowest BCUT2D eigenvalue weighted by molar-refractivity contribution is 0.169. The van der Waals surface area contributed by atoms with Crippen molar-refractivity contribution in [3.8, 4) is 0 Å². The summed E-state index contributed by atoms with van der Waals surface area (Å²) in [5.41, 5.74) is 1.02. The lowest BCUT2D eigenvalue weighted by atomic mass is 9.96. The van der Waals surface area contributed by atoms with Crippen molar-refractivity contribution in [3.05, 3.63) is 30.1 Å². The molecule has 0 saturated carbocycles. The average molecular weight is 279 g/mol. The first kappa shape index (κ1) is 17.1. The molecule has 0 aliphatic heterocycles. The lowest BCUT2D eigenvalue weighted by Crippen LogP contribution is -2.43. The third-order valence-corrected chi connectivity index (χ3v) is 3.95. The topological polar surface area (TPSA) is 48.4 Å². The van der Waals surface area contributed by atoms with E-state index in [1.54, 1.807) is 0 Å². The molecule has 0 saturated heterocycles. The molecule has 20 heavy (non-hydrogen) atoms. The Kier molecular flexibility index (Phi) is 7.73. The standard InChI is InChI=1S/C16H29N3O/c1-16(14-20,17-2)10-5-7-12-19(3)13-9-15-8-4-6-11-18-15/h4,6,8,11,17,20H,5,7,9-10,12-14H2,1-3H3. The normalized spacial score (nSPS) is 14.4. The maximum absolute atomic E-state index is 9.32. The summed E-state index contributed by atoms with van der Waals surface area (Å²) in [6.45, 7) is 4.40. The van der Waals surface area contributed by atoms with Crippen LogP contribution in [0.3, 0.4) is 0 Å². The van der Waals surface area contributed by atoms with Crippen LogP contribution in [0.5, 0.6) is 0 Å². The van der Waals surface area contributed by atoms with E-state index in [9.17, 15) is 5.11 Å². The Morgan fingerprint density at radius 1 is 1.30 bits per heavy atom. The summed E-state index contributed by atoms with van der Waals surface area (Å²) >= 11 is 0. The number of nitrogens with zero attached hydrogens (tertiary/aromatic N) is 2. The zero-order valence-electron chi connectivity index (χ0n) is 13.1. The van der Waals surface area contributed by atoms with Crippen LogP contribution in [0.4, 0.5) is 0 Å². The fourth-order valence-corrected chi connectivity index (χ4v) is 2.14. The van der Waals surface area contributed by atoms with Crippen molar-refractivity contribution in [2.75, 3.05) is 33.8 Å². The van der Waals surface area contributed by atoms with Gasteiger partial charge in [0.15, 0.2) is 0 Å². The van der Waals surface area contributed by atoms with E-state index < -0.39 is 0 Å². The first-order chi connectivity index (χ1) is 9.59. The van der Waals surface area contributed by atoms with Crippen LogP contribution in [0.2, 0.25) is 0 Å². The average Bonchev–Trinajstić information content (AvgIpc) is 2.50. The molecule has 1 unspecified atom stereocenters. The Labute approximate surface area is 123 Å². The summed E-state index contributed by atoms with van der Waals surface area (Å²) in [6, 6.07) is 6.07. The number of hydrogen-bond acceptors (Lipinski definition) is 4. The Balaban J connectivity index is 2.13. The number of unbranched alkanes of at least 4 members (excludes halogenated alkanes) is 1. The van der Waals surface area contributed by atoms with Crippen molar-refractivity contribution in [1.29, 1.82) is 0 Å². The van der Waals surface area contributed by atoms with E-state index in [0.29, 0.717) is 0 Å². The number of aromatic nitrogens is 1. The highest BCUT2D eigenvalue weighted by molar-refractivity contribution is 5.03. The molecule has 0 aliphatic carbocycles. The zero-order chi connectivity index (χ0) is 14.8. The van der Waals surface area contributed by atoms with Crippen LogP contribution in [-0.4, -0.2) is 54.3 Å². The molecule has 1 aromatic rings. The smallest absolute Gasteiger partial charge is 0.0610 e. The summed E-state index contributed by atoms with van der Waals surface area (Å²) in [5.74, 6) is 0. The van der Waals surface area contributed by atoms with Gasteiger partial charge in [0.25, 0.3) is 0 Å². The van der Waals surface area contributed by atoms with Crippen LogP contribution in [0.1, 0.15) is 31.9 Å². The van der Waals surface area contributed by atoms with E-state index >= 15 is 0 Å². The monoisotopic (exact) mass is 279 g/mol. The molecule has 0 spiro atoms. The van der Waals surface area contributed by atoms with Gasteiger partial charge in [-0.25, -0.2) is 0 Å². The number of pyridine rings is 1. The molecule has 0 aromatic carbocycles. The van der Waals surface area contributed by atoms with Crippen LogP contribution in [0, 0.1) is 0 Å². The van der Waals surface area contributed by atoms with Crippen molar-refractivity contribution < 1.29 is 5.11 Å². The second-order valence-electron chi connectivity index (χ2n) is 5.80. The van der Waals surface area contributed by atoms with Crippen molar-refractivity contribution >= 4 is 0 Å². The van der Waals surface area contributed by atoms with Crippen LogP contribution in [-0.2, 0) is 6.42 Å². The van der Waals surface area contributed by atoms with Gasteiger partial charge in [-0.3, -0.25) is 4.98 Å². The van der Waals surface area contributed by atoms with Crippen LogP contribution in [0.15, 0.2) is 24.4 Å². The Morgan fingerprint density at radius 3 is 2.70 bits per heavy atom. The number of likely N-dealkylation sites (N-methyl/N-ethyl adjacent to an activating group) is 2. The van der Waals surface area contributed by atoms with E-state index in [1.807, 2.05) is 25.4 Å². The number of aliphatic hydroxyl groups is 1. The second kappa shape index (κ2) is 9.06. The molecule has 4 nitrogen and oxygen atoms in total. The molecule has 0 radical (unpaired) electrons. The summed E-state index contributed by atoms with van der Waals surface area (Å²) in [7, 11) is 4.07. The van der Waals surface area contributed by atoms with Gasteiger partial charge >= 0.3 is 0 Å². The van der Waals surface area contributed by atoms with E-state index in [0.717, 1.165) is 44.5 Å². The largest absolute Gasteiger partial charge is 0.394 e. The van der Waals surface area contributed by atoms with Gasteiger partial charge in [-0.05, 0) is 52.5 Å². The molecule has 4 heteroatoms. The molecule has 0 bridgehead atoms. The number of nitrogens with one attached hydrogen (secondary N) is 1. The molecule has 114 valence electrons. The van der Waals surface area contributed by atoms with Gasteiger partial charge in [0.2, 0.25) is 0 Å². The van der Waals surface area contributed by atoms with Gasteiger partial charge in [-0.2, -0.15) is 0 Å². The predicted molar refractivity (Wildman–Crippen MR) is 83.8 cm³/mol. The highest BCUT2D eigenvalue weighted by Crippen LogP contribution is 2.12. The second-order valence-corrected chi connectivity index (χ2v) is 5.80. The number of aliphatic hydroxyl groups excluding tert-OH is 1. The van der Waals surface area contributed by atoms with Crippen molar-refractivity contribution in [2.45, 2.75) is 38.1 Å². The SMILES string of the molecule is CNC(C)(CO)CCCCN(C)CCc1ccccn1. The quantitative estimate of drug-likeness (QED) is 0.640. The summed E-state index contributed by atoms with van der Waals surface area (Å²) in [4.78, 5) is 6.69. The highest BCUT2D eigenvalue weighted by Gasteiger charge is 2.19. The fourth-order valence-electron chi connectivity index (χ4n) is 2.14. The Morgan fingerprint density at radius 2 is 2.10 bits per heavy atom. The number of rotatable bonds is 10. The minimum atomic E-state index is -0.132. The van der Waals surface area contributed by atoms with Gasteiger partial charge in [0.1, 0.15) is 0 Å². The summed E-state index contributed by atoms with van der Waals surface area (Å²) in [6.07, 6.45) is 6.15. The van der Waals surface area contributed by atoms with E-state index in [1.165, 1.54) is 0 Å². The molecule has 1 heterocycles. The van der Waals surface area contributed by atoms with Gasteiger partial charge in [0, 0.05) is 30.4 Å². The van der Waals surface area contributed by atoms with Crippen molar-refractivity contribution in [1.82, 2.24) is 15.2 Å². The minimum absolute atomic E-state index is 0.132. The third kappa shape index (κ3) is 6.46. The molecule has 1 rings (SSSR count). The first-order valence-electron chi connectivity index (χ1n) is 7.48. The zero-order valence-corrected chi connectivity index (χ0v) is 13.1. The molecule has 1 atom stereocenters. The Bertz CT molecular complexity index is 352. The molecule has 0 amide bonds. The summed E-state index contributed by atoms with van der Waals surface area (Å²) in [5, 5.41) is 12.5. The fraction of sp³-hybridized carbons (Fsp3) is 0.688. The van der Waals surface area contributed by atoms with E-state index in [-0.39, 0.29) is 12.1 Å². The van der Waals surface area contributed by atoms with Crippen molar-refractivity contribution in [2.24, 2.45) is 0 Å². The van der Waals surface area contributed by atoms with Gasteiger partial charge in [0.05, 0.1) is 6.61 Å². The number of hydrogen-bond donors (Lipinski definition) is 2. The van der Waals surface area contributed by atoms with Crippen molar-refractivity contribution in [3.63, 3.8) is 0 Å². The summed E-state index contributed by atoms with van der Waals surface area (Å²) < 4.78 is 0. The maximum Gasteiger partial charge on any atom is 0.0610 e. The Hall–Kier alpha value is -0.970. The van der Waals surface area contributed by atoms with Crippen LogP contribution < -0.4 is 5.32 Å². The van der Waals surface area contributed by atoms with Crippen LogP contribution >= 0.6 is 0 Å². The third-order valence-electron chi connectivity index (χ3n) is 3.95. The van der Waals surface area contributed by atoms with E-state index in [4.69, 9.17) is 0 Å². The lowest BCUT2D eigenvalue weighted by Gasteiger charge is -2.27. The molecule has 0 fully saturated rings. The van der Waals surface area contributed by atoms with E-state index in [2.05, 4.69) is 35.2 Å². The van der Waals surface area contributed by atoms with Gasteiger partial charge < -0.3 is 15.3 Å². The molecule has 1 aromatic heterocycles. The predicted octanol–water partition coefficient (Wildman–Crippen LogP) is 1.70. The first-order valence-corrected chi connectivity index (χ1v) is 7.48. The van der Waals surface area contributed by atoms with Gasteiger partial charge in [-0.1, -0.05) is 12.5 Å².